The van der Waals surface area contributed by atoms with Crippen LogP contribution in [0.25, 0.3) is 10.8 Å². The molecule has 0 radical (unpaired) electrons. The van der Waals surface area contributed by atoms with Gasteiger partial charge in [-0.15, -0.1) is 0 Å². The van der Waals surface area contributed by atoms with Gasteiger partial charge >= 0.3 is 12.1 Å². The lowest BCUT2D eigenvalue weighted by Crippen LogP contribution is -2.38. The van der Waals surface area contributed by atoms with Crippen LogP contribution in [0.4, 0.5) is 18.9 Å². The molecular formula is C16H16F3NO2. The summed E-state index contributed by atoms with van der Waals surface area (Å²) >= 11 is 0. The van der Waals surface area contributed by atoms with E-state index in [9.17, 15) is 18.0 Å². The number of carbonyl (C=O) groups is 1. The van der Waals surface area contributed by atoms with Crippen LogP contribution in [0.3, 0.4) is 0 Å². The summed E-state index contributed by atoms with van der Waals surface area (Å²) in [6.45, 7) is 3.71. The molecule has 0 aromatic heterocycles. The summed E-state index contributed by atoms with van der Waals surface area (Å²) in [6.07, 6.45) is -4.97. The molecule has 0 bridgehead atoms. The number of anilines is 1. The summed E-state index contributed by atoms with van der Waals surface area (Å²) in [5, 5.41) is 1.26. The highest BCUT2D eigenvalue weighted by molar-refractivity contribution is 6.05. The predicted octanol–water partition coefficient (Wildman–Crippen LogP) is 4.15. The van der Waals surface area contributed by atoms with Gasteiger partial charge < -0.3 is 9.64 Å². The first kappa shape index (κ1) is 16.1. The maximum absolute atomic E-state index is 12.6. The average molecular weight is 311 g/mol. The lowest BCUT2D eigenvalue weighted by atomic mass is 10.1. The average Bonchev–Trinajstić information content (AvgIpc) is 2.43. The number of ether oxygens (including phenoxy) is 1. The van der Waals surface area contributed by atoms with E-state index in [0.29, 0.717) is 16.0 Å². The third kappa shape index (κ3) is 3.32. The van der Waals surface area contributed by atoms with Crippen molar-refractivity contribution in [2.24, 2.45) is 0 Å². The fourth-order valence-corrected chi connectivity index (χ4v) is 2.17. The highest BCUT2D eigenvalue weighted by atomic mass is 19.4. The number of nitrogens with zero attached hydrogens (tertiary/aromatic N) is 1. The van der Waals surface area contributed by atoms with Gasteiger partial charge in [-0.3, -0.25) is 4.79 Å². The van der Waals surface area contributed by atoms with E-state index in [1.54, 1.807) is 30.3 Å². The molecule has 6 heteroatoms. The van der Waals surface area contributed by atoms with Crippen LogP contribution in [0, 0.1) is 0 Å². The van der Waals surface area contributed by atoms with Crippen molar-refractivity contribution in [2.45, 2.75) is 26.1 Å². The SMILES string of the molecule is CC(C)Oc1ccc2cccc(N(C)C(=O)C(F)(F)F)c2c1. The van der Waals surface area contributed by atoms with Gasteiger partial charge in [-0.2, -0.15) is 13.2 Å². The molecule has 2 rings (SSSR count). The second kappa shape index (κ2) is 5.87. The molecule has 0 aliphatic carbocycles. The first-order valence-corrected chi connectivity index (χ1v) is 6.74. The zero-order valence-electron chi connectivity index (χ0n) is 12.4. The molecule has 0 spiro atoms. The summed E-state index contributed by atoms with van der Waals surface area (Å²) in [7, 11) is 1.11. The van der Waals surface area contributed by atoms with E-state index in [4.69, 9.17) is 4.74 Å². The first-order chi connectivity index (χ1) is 10.2. The van der Waals surface area contributed by atoms with E-state index in [0.717, 1.165) is 12.4 Å². The topological polar surface area (TPSA) is 29.5 Å². The maximum atomic E-state index is 12.6. The van der Waals surface area contributed by atoms with Gasteiger partial charge in [0.15, 0.2) is 0 Å². The number of hydrogen-bond donors (Lipinski definition) is 0. The van der Waals surface area contributed by atoms with Crippen LogP contribution in [0.2, 0.25) is 0 Å². The zero-order chi connectivity index (χ0) is 16.5. The molecule has 2 aromatic rings. The van der Waals surface area contributed by atoms with Crippen LogP contribution in [0.5, 0.6) is 5.75 Å². The van der Waals surface area contributed by atoms with E-state index in [1.807, 2.05) is 13.8 Å². The Morgan fingerprint density at radius 1 is 1.18 bits per heavy atom. The summed E-state index contributed by atoms with van der Waals surface area (Å²) in [4.78, 5) is 12.1. The monoisotopic (exact) mass is 311 g/mol. The van der Waals surface area contributed by atoms with Gasteiger partial charge in [0.2, 0.25) is 0 Å². The zero-order valence-corrected chi connectivity index (χ0v) is 12.4. The summed E-state index contributed by atoms with van der Waals surface area (Å²) in [5.74, 6) is -1.36. The molecule has 2 aromatic carbocycles. The minimum absolute atomic E-state index is 0.0563. The Morgan fingerprint density at radius 2 is 1.86 bits per heavy atom. The summed E-state index contributed by atoms with van der Waals surface area (Å²) in [6, 6.07) is 10.0. The minimum atomic E-state index is -4.91. The van der Waals surface area contributed by atoms with Crippen LogP contribution in [-0.2, 0) is 4.79 Å². The third-order valence-corrected chi connectivity index (χ3v) is 3.11. The number of halogens is 3. The fourth-order valence-electron chi connectivity index (χ4n) is 2.17. The fraction of sp³-hybridized carbons (Fsp3) is 0.312. The summed E-state index contributed by atoms with van der Waals surface area (Å²) in [5.41, 5.74) is 0.189. The molecule has 0 fully saturated rings. The Hall–Kier alpha value is -2.24. The Balaban J connectivity index is 2.51. The third-order valence-electron chi connectivity index (χ3n) is 3.11. The van der Waals surface area contributed by atoms with Crippen LogP contribution < -0.4 is 9.64 Å². The van der Waals surface area contributed by atoms with Gasteiger partial charge in [0.05, 0.1) is 11.8 Å². The number of carbonyl (C=O) groups excluding carboxylic acids is 1. The van der Waals surface area contributed by atoms with Crippen molar-refractivity contribution in [3.05, 3.63) is 36.4 Å². The second-order valence-corrected chi connectivity index (χ2v) is 5.19. The number of fused-ring (bicyclic) bond motifs is 1. The molecule has 0 unspecified atom stereocenters. The predicted molar refractivity (Wildman–Crippen MR) is 79.2 cm³/mol. The van der Waals surface area contributed by atoms with Crippen LogP contribution >= 0.6 is 0 Å². The van der Waals surface area contributed by atoms with Gasteiger partial charge in [-0.05, 0) is 37.4 Å². The van der Waals surface area contributed by atoms with Crippen LogP contribution in [0.15, 0.2) is 36.4 Å². The number of rotatable bonds is 3. The van der Waals surface area contributed by atoms with E-state index in [2.05, 4.69) is 0 Å². The van der Waals surface area contributed by atoms with Gasteiger partial charge in [0.1, 0.15) is 5.75 Å². The van der Waals surface area contributed by atoms with Crippen molar-refractivity contribution in [1.82, 2.24) is 0 Å². The Bertz CT molecular complexity index is 695. The van der Waals surface area contributed by atoms with Crippen LogP contribution in [-0.4, -0.2) is 25.2 Å². The Morgan fingerprint density at radius 3 is 2.45 bits per heavy atom. The Labute approximate surface area is 126 Å². The molecular weight excluding hydrogens is 295 g/mol. The van der Waals surface area contributed by atoms with Gasteiger partial charge in [0.25, 0.3) is 0 Å². The van der Waals surface area contributed by atoms with Crippen molar-refractivity contribution in [3.63, 3.8) is 0 Å². The number of amides is 1. The highest BCUT2D eigenvalue weighted by Crippen LogP contribution is 2.32. The molecule has 0 saturated carbocycles. The van der Waals surface area contributed by atoms with Gasteiger partial charge in [-0.25, -0.2) is 0 Å². The van der Waals surface area contributed by atoms with Crippen molar-refractivity contribution in [1.29, 1.82) is 0 Å². The van der Waals surface area contributed by atoms with Crippen molar-refractivity contribution < 1.29 is 22.7 Å². The van der Waals surface area contributed by atoms with Crippen molar-refractivity contribution >= 4 is 22.4 Å². The van der Waals surface area contributed by atoms with Crippen LogP contribution in [0.1, 0.15) is 13.8 Å². The standard InChI is InChI=1S/C16H16F3NO2/c1-10(2)22-12-8-7-11-5-4-6-14(13(11)9-12)20(3)15(21)16(17,18)19/h4-10H,1-3H3. The number of alkyl halides is 3. The normalized spacial score (nSPS) is 11.8. The first-order valence-electron chi connectivity index (χ1n) is 6.74. The highest BCUT2D eigenvalue weighted by Gasteiger charge is 2.42. The molecule has 0 heterocycles. The van der Waals surface area contributed by atoms with E-state index < -0.39 is 12.1 Å². The molecule has 3 nitrogen and oxygen atoms in total. The maximum Gasteiger partial charge on any atom is 0.471 e. The van der Waals surface area contributed by atoms with E-state index in [-0.39, 0.29) is 11.8 Å². The number of benzene rings is 2. The van der Waals surface area contributed by atoms with Crippen molar-refractivity contribution in [3.8, 4) is 5.75 Å². The molecule has 0 aliphatic rings. The van der Waals surface area contributed by atoms with Gasteiger partial charge in [-0.1, -0.05) is 18.2 Å². The van der Waals surface area contributed by atoms with Gasteiger partial charge in [0, 0.05) is 12.4 Å². The Kier molecular flexibility index (Phi) is 4.30. The van der Waals surface area contributed by atoms with E-state index in [1.165, 1.54) is 6.07 Å². The molecule has 0 saturated heterocycles. The lowest BCUT2D eigenvalue weighted by molar-refractivity contribution is -0.170. The summed E-state index contributed by atoms with van der Waals surface area (Å²) < 4.78 is 43.4. The molecule has 1 amide bonds. The molecule has 0 N–H and O–H groups in total. The lowest BCUT2D eigenvalue weighted by Gasteiger charge is -2.21. The molecule has 0 atom stereocenters. The van der Waals surface area contributed by atoms with Crippen molar-refractivity contribution in [2.75, 3.05) is 11.9 Å². The minimum Gasteiger partial charge on any atom is -0.491 e. The molecule has 22 heavy (non-hydrogen) atoms. The second-order valence-electron chi connectivity index (χ2n) is 5.19. The molecule has 0 aliphatic heterocycles. The molecule has 118 valence electrons. The largest absolute Gasteiger partial charge is 0.491 e. The quantitative estimate of drug-likeness (QED) is 0.852. The van der Waals surface area contributed by atoms with E-state index >= 15 is 0 Å². The number of hydrogen-bond acceptors (Lipinski definition) is 2. The smallest absolute Gasteiger partial charge is 0.471 e.